The van der Waals surface area contributed by atoms with E-state index in [4.69, 9.17) is 10.00 Å². The molecule has 0 amide bonds. The van der Waals surface area contributed by atoms with Gasteiger partial charge in [-0.3, -0.25) is 0 Å². The second-order valence-electron chi connectivity index (χ2n) is 5.24. The van der Waals surface area contributed by atoms with Crippen LogP contribution in [0.15, 0.2) is 54.6 Å². The first-order valence-corrected chi connectivity index (χ1v) is 7.69. The molecule has 26 heavy (non-hydrogen) atoms. The molecule has 0 radical (unpaired) electrons. The summed E-state index contributed by atoms with van der Waals surface area (Å²) in [5.74, 6) is -0.469. The summed E-state index contributed by atoms with van der Waals surface area (Å²) in [7, 11) is 1.57. The normalized spacial score (nSPS) is 10.0. The van der Waals surface area contributed by atoms with E-state index in [1.165, 1.54) is 0 Å². The molecule has 0 unspecified atom stereocenters. The maximum Gasteiger partial charge on any atom is 0.345 e. The zero-order chi connectivity index (χ0) is 18.5. The number of carboxylic acids is 1. The minimum Gasteiger partial charge on any atom is -0.477 e. The third-order valence-electron chi connectivity index (χ3n) is 3.53. The minimum atomic E-state index is -1.21. The third kappa shape index (κ3) is 3.44. The number of nitrogens with zero attached hydrogens (tertiary/aromatic N) is 3. The topological polar surface area (TPSA) is 108 Å². The lowest BCUT2D eigenvalue weighted by Gasteiger charge is -2.13. The number of hydrogen-bond acceptors (Lipinski definition) is 6. The van der Waals surface area contributed by atoms with Crippen LogP contribution in [0.4, 0.5) is 5.82 Å². The summed E-state index contributed by atoms with van der Waals surface area (Å²) in [4.78, 5) is 20.2. The highest BCUT2D eigenvalue weighted by atomic mass is 16.5. The summed E-state index contributed by atoms with van der Waals surface area (Å²) < 4.78 is 5.70. The molecule has 128 valence electrons. The molecule has 3 rings (SSSR count). The number of rotatable bonds is 5. The molecule has 7 nitrogen and oxygen atoms in total. The van der Waals surface area contributed by atoms with Crippen molar-refractivity contribution in [1.82, 2.24) is 9.97 Å². The van der Waals surface area contributed by atoms with Crippen molar-refractivity contribution in [2.24, 2.45) is 0 Å². The maximum atomic E-state index is 11.7. The summed E-state index contributed by atoms with van der Waals surface area (Å²) in [6.07, 6.45) is 0. The molecule has 0 atom stereocenters. The van der Waals surface area contributed by atoms with Crippen molar-refractivity contribution < 1.29 is 14.6 Å². The monoisotopic (exact) mass is 346 g/mol. The fourth-order valence-corrected chi connectivity index (χ4v) is 2.34. The smallest absolute Gasteiger partial charge is 0.345 e. The van der Waals surface area contributed by atoms with Crippen LogP contribution >= 0.6 is 0 Å². The number of ether oxygens (including phenoxy) is 1. The van der Waals surface area contributed by atoms with Crippen molar-refractivity contribution in [2.75, 3.05) is 12.4 Å². The third-order valence-corrected chi connectivity index (χ3v) is 3.53. The van der Waals surface area contributed by atoms with Crippen LogP contribution < -0.4 is 10.1 Å². The number of benzene rings is 2. The van der Waals surface area contributed by atoms with E-state index in [1.54, 1.807) is 55.6 Å². The Hall–Kier alpha value is -3.92. The average molecular weight is 346 g/mol. The van der Waals surface area contributed by atoms with Gasteiger partial charge in [-0.2, -0.15) is 10.2 Å². The molecule has 1 aromatic heterocycles. The second kappa shape index (κ2) is 7.32. The van der Waals surface area contributed by atoms with E-state index in [9.17, 15) is 9.90 Å². The Morgan fingerprint density at radius 3 is 2.58 bits per heavy atom. The Labute approximate surface area is 149 Å². The van der Waals surface area contributed by atoms with Crippen molar-refractivity contribution in [3.63, 3.8) is 0 Å². The highest BCUT2D eigenvalue weighted by Gasteiger charge is 2.22. The first-order valence-electron chi connectivity index (χ1n) is 7.69. The van der Waals surface area contributed by atoms with Crippen LogP contribution in [0.3, 0.4) is 0 Å². The molecule has 0 fully saturated rings. The Bertz CT molecular complexity index is 997. The molecule has 0 spiro atoms. The lowest BCUT2D eigenvalue weighted by Crippen LogP contribution is -2.10. The van der Waals surface area contributed by atoms with E-state index in [0.717, 1.165) is 0 Å². The van der Waals surface area contributed by atoms with Gasteiger partial charge in [0.25, 0.3) is 0 Å². The summed E-state index contributed by atoms with van der Waals surface area (Å²) in [6, 6.07) is 17.5. The summed E-state index contributed by atoms with van der Waals surface area (Å²) in [5, 5.41) is 21.4. The molecule has 0 aliphatic rings. The van der Waals surface area contributed by atoms with Crippen LogP contribution in [0.2, 0.25) is 0 Å². The predicted molar refractivity (Wildman–Crippen MR) is 95.2 cm³/mol. The quantitative estimate of drug-likeness (QED) is 0.727. The fraction of sp³-hybridized carbons (Fsp3) is 0.0526. The molecule has 0 saturated carbocycles. The number of nitriles is 1. The Kier molecular flexibility index (Phi) is 4.76. The molecule has 1 heterocycles. The Balaban J connectivity index is 2.16. The first kappa shape index (κ1) is 16.9. The SMILES string of the molecule is CNc1nc(-c2cccc(C#N)c2)nc(Oc2ccccc2)c1C(=O)O. The highest BCUT2D eigenvalue weighted by Crippen LogP contribution is 2.30. The van der Waals surface area contributed by atoms with Gasteiger partial charge in [-0.25, -0.2) is 9.78 Å². The molecule has 0 aliphatic heterocycles. The molecule has 7 heteroatoms. The van der Waals surface area contributed by atoms with Gasteiger partial charge in [0, 0.05) is 12.6 Å². The fourth-order valence-electron chi connectivity index (χ4n) is 2.34. The maximum absolute atomic E-state index is 11.7. The molecule has 0 saturated heterocycles. The standard InChI is InChI=1S/C19H14N4O3/c1-21-17-15(19(24)25)18(26-14-8-3-2-4-9-14)23-16(22-17)13-7-5-6-12(10-13)11-20/h2-10H,1H3,(H,24,25)(H,21,22,23). The number of hydrogen-bond donors (Lipinski definition) is 2. The van der Waals surface area contributed by atoms with E-state index in [-0.39, 0.29) is 23.1 Å². The van der Waals surface area contributed by atoms with Gasteiger partial charge < -0.3 is 15.2 Å². The Morgan fingerprint density at radius 1 is 1.15 bits per heavy atom. The van der Waals surface area contributed by atoms with Crippen LogP contribution in [0.5, 0.6) is 11.6 Å². The van der Waals surface area contributed by atoms with E-state index in [1.807, 2.05) is 6.07 Å². The van der Waals surface area contributed by atoms with Crippen LogP contribution in [0.1, 0.15) is 15.9 Å². The molecular weight excluding hydrogens is 332 g/mol. The number of aromatic carboxylic acids is 1. The van der Waals surface area contributed by atoms with Crippen LogP contribution in [-0.2, 0) is 0 Å². The van der Waals surface area contributed by atoms with E-state index in [2.05, 4.69) is 21.4 Å². The van der Waals surface area contributed by atoms with Gasteiger partial charge in [-0.15, -0.1) is 0 Å². The number of anilines is 1. The van der Waals surface area contributed by atoms with Crippen molar-refractivity contribution in [2.45, 2.75) is 0 Å². The summed E-state index contributed by atoms with van der Waals surface area (Å²) in [5.41, 5.74) is 0.858. The molecular formula is C19H14N4O3. The average Bonchev–Trinajstić information content (AvgIpc) is 2.68. The van der Waals surface area contributed by atoms with Gasteiger partial charge in [-0.05, 0) is 24.3 Å². The van der Waals surface area contributed by atoms with Gasteiger partial charge in [0.1, 0.15) is 11.6 Å². The lowest BCUT2D eigenvalue weighted by molar-refractivity contribution is 0.0694. The number of para-hydroxylation sites is 1. The van der Waals surface area contributed by atoms with Crippen LogP contribution in [-0.4, -0.2) is 28.1 Å². The van der Waals surface area contributed by atoms with Crippen LogP contribution in [0, 0.1) is 11.3 Å². The van der Waals surface area contributed by atoms with Gasteiger partial charge in [0.2, 0.25) is 5.88 Å². The number of aromatic nitrogens is 2. The molecule has 2 aromatic carbocycles. The van der Waals surface area contributed by atoms with E-state index < -0.39 is 5.97 Å². The first-order chi connectivity index (χ1) is 12.6. The van der Waals surface area contributed by atoms with Crippen molar-refractivity contribution in [1.29, 1.82) is 5.26 Å². The van der Waals surface area contributed by atoms with Gasteiger partial charge in [0.05, 0.1) is 11.6 Å². The Morgan fingerprint density at radius 2 is 1.92 bits per heavy atom. The summed E-state index contributed by atoms with van der Waals surface area (Å²) in [6.45, 7) is 0. The number of carbonyl (C=O) groups is 1. The van der Waals surface area contributed by atoms with Gasteiger partial charge in [0.15, 0.2) is 11.4 Å². The largest absolute Gasteiger partial charge is 0.477 e. The van der Waals surface area contributed by atoms with E-state index >= 15 is 0 Å². The van der Waals surface area contributed by atoms with Gasteiger partial charge in [-0.1, -0.05) is 30.3 Å². The van der Waals surface area contributed by atoms with E-state index in [0.29, 0.717) is 16.9 Å². The second-order valence-corrected chi connectivity index (χ2v) is 5.24. The zero-order valence-corrected chi connectivity index (χ0v) is 13.8. The highest BCUT2D eigenvalue weighted by molar-refractivity contribution is 5.96. The van der Waals surface area contributed by atoms with Crippen LogP contribution in [0.25, 0.3) is 11.4 Å². The number of carboxylic acid groups (broad SMARTS) is 1. The number of nitrogens with one attached hydrogen (secondary N) is 1. The van der Waals surface area contributed by atoms with Gasteiger partial charge >= 0.3 is 5.97 Å². The van der Waals surface area contributed by atoms with Crippen molar-refractivity contribution in [3.05, 3.63) is 65.7 Å². The molecule has 3 aromatic rings. The van der Waals surface area contributed by atoms with Crippen molar-refractivity contribution >= 4 is 11.8 Å². The zero-order valence-electron chi connectivity index (χ0n) is 13.8. The molecule has 0 aliphatic carbocycles. The molecule has 0 bridgehead atoms. The summed E-state index contributed by atoms with van der Waals surface area (Å²) >= 11 is 0. The van der Waals surface area contributed by atoms with Crippen molar-refractivity contribution in [3.8, 4) is 29.1 Å². The molecule has 2 N–H and O–H groups in total. The predicted octanol–water partition coefficient (Wildman–Crippen LogP) is 3.55. The minimum absolute atomic E-state index is 0.0830. The lowest BCUT2D eigenvalue weighted by atomic mass is 10.1.